The van der Waals surface area contributed by atoms with Crippen LogP contribution in [-0.2, 0) is 13.2 Å². The molecule has 3 N–H and O–H groups in total. The average molecular weight is 418 g/mol. The summed E-state index contributed by atoms with van der Waals surface area (Å²) in [6.07, 6.45) is 0. The molecule has 132 valence electrons. The molecule has 0 atom stereocenters. The molecule has 0 aliphatic rings. The Morgan fingerprint density at radius 3 is 2.85 bits per heavy atom. The van der Waals surface area contributed by atoms with Crippen LogP contribution in [0.2, 0.25) is 0 Å². The minimum atomic E-state index is -0.720. The second-order valence-electron chi connectivity index (χ2n) is 5.67. The number of hydrogen-bond donors (Lipinski definition) is 3. The van der Waals surface area contributed by atoms with Gasteiger partial charge in [-0.1, -0.05) is 15.9 Å². The summed E-state index contributed by atoms with van der Waals surface area (Å²) in [5.74, 6) is 0.957. The maximum atomic E-state index is 12.9. The molecule has 0 aliphatic heterocycles. The van der Waals surface area contributed by atoms with E-state index in [-0.39, 0.29) is 11.3 Å². The number of phenolic OH excluding ortho intramolecular Hbond substituents is 1. The van der Waals surface area contributed by atoms with Gasteiger partial charge in [0.05, 0.1) is 0 Å². The van der Waals surface area contributed by atoms with E-state index >= 15 is 0 Å². The topological polar surface area (TPSA) is 99.9 Å². The Balaban J connectivity index is 1.59. The third-order valence-electron chi connectivity index (χ3n) is 3.97. The molecule has 7 nitrogen and oxygen atoms in total. The number of H-pyrrole nitrogens is 1. The molecule has 0 spiro atoms. The number of rotatable bonds is 5. The van der Waals surface area contributed by atoms with Crippen LogP contribution in [-0.4, -0.2) is 25.7 Å². The number of alkyl halides is 1. The highest BCUT2D eigenvalue weighted by atomic mass is 79.9. The first-order valence-electron chi connectivity index (χ1n) is 7.72. The number of tetrazole rings is 1. The number of nitrogens with zero attached hydrogens (tertiary/aromatic N) is 3. The molecule has 0 saturated heterocycles. The summed E-state index contributed by atoms with van der Waals surface area (Å²) >= 11 is 3.56. The van der Waals surface area contributed by atoms with Crippen molar-refractivity contribution in [3.63, 3.8) is 0 Å². The van der Waals surface area contributed by atoms with Gasteiger partial charge in [0.2, 0.25) is 5.82 Å². The van der Waals surface area contributed by atoms with Crippen LogP contribution in [0.15, 0.2) is 45.3 Å². The zero-order valence-corrected chi connectivity index (χ0v) is 14.9. The van der Waals surface area contributed by atoms with Crippen molar-refractivity contribution in [3.8, 4) is 17.3 Å². The molecule has 0 radical (unpaired) electrons. The van der Waals surface area contributed by atoms with Gasteiger partial charge < -0.3 is 14.8 Å². The van der Waals surface area contributed by atoms with Gasteiger partial charge in [-0.2, -0.15) is 0 Å². The fourth-order valence-corrected chi connectivity index (χ4v) is 3.12. The number of nitrogens with one attached hydrogen (secondary N) is 2. The Morgan fingerprint density at radius 2 is 2.08 bits per heavy atom. The van der Waals surface area contributed by atoms with Crippen molar-refractivity contribution in [3.05, 3.63) is 52.0 Å². The summed E-state index contributed by atoms with van der Waals surface area (Å²) < 4.78 is 19.6. The maximum Gasteiger partial charge on any atom is 0.215 e. The van der Waals surface area contributed by atoms with Gasteiger partial charge in [0.15, 0.2) is 5.76 Å². The van der Waals surface area contributed by atoms with Crippen LogP contribution in [0.3, 0.4) is 0 Å². The van der Waals surface area contributed by atoms with Crippen molar-refractivity contribution in [2.24, 2.45) is 0 Å². The number of phenols is 1. The van der Waals surface area contributed by atoms with E-state index in [1.54, 1.807) is 12.1 Å². The van der Waals surface area contributed by atoms with E-state index < -0.39 is 6.67 Å². The zero-order valence-electron chi connectivity index (χ0n) is 13.3. The van der Waals surface area contributed by atoms with Crippen molar-refractivity contribution < 1.29 is 13.9 Å². The largest absolute Gasteiger partial charge is 0.508 e. The van der Waals surface area contributed by atoms with Crippen molar-refractivity contribution in [2.75, 3.05) is 5.32 Å². The lowest BCUT2D eigenvalue weighted by atomic mass is 10.1. The van der Waals surface area contributed by atoms with Crippen molar-refractivity contribution in [1.82, 2.24) is 20.6 Å². The molecule has 4 aromatic rings. The summed E-state index contributed by atoms with van der Waals surface area (Å²) in [4.78, 5) is 0. The molecule has 0 bridgehead atoms. The number of anilines is 1. The number of aromatic hydroxyl groups is 1. The SMILES string of the molecule is Oc1ccc(NCc2cc3oc(-c4nnn[nH]4)cc3cc2Br)cc1CF. The molecule has 0 fully saturated rings. The minimum absolute atomic E-state index is 0.0503. The molecule has 2 aromatic carbocycles. The molecule has 0 aliphatic carbocycles. The minimum Gasteiger partial charge on any atom is -0.508 e. The zero-order chi connectivity index (χ0) is 18.1. The smallest absolute Gasteiger partial charge is 0.215 e. The van der Waals surface area contributed by atoms with E-state index in [0.717, 1.165) is 21.1 Å². The van der Waals surface area contributed by atoms with E-state index in [1.165, 1.54) is 6.07 Å². The van der Waals surface area contributed by atoms with E-state index in [0.29, 0.717) is 23.7 Å². The van der Waals surface area contributed by atoms with Gasteiger partial charge in [0.1, 0.15) is 18.0 Å². The van der Waals surface area contributed by atoms with E-state index in [2.05, 4.69) is 41.9 Å². The number of halogens is 2. The summed E-state index contributed by atoms with van der Waals surface area (Å²) in [5.41, 5.74) is 2.63. The van der Waals surface area contributed by atoms with Crippen molar-refractivity contribution in [2.45, 2.75) is 13.2 Å². The fourth-order valence-electron chi connectivity index (χ4n) is 2.62. The number of fused-ring (bicyclic) bond motifs is 1. The van der Waals surface area contributed by atoms with Crippen LogP contribution in [0.4, 0.5) is 10.1 Å². The van der Waals surface area contributed by atoms with Crippen LogP contribution >= 0.6 is 15.9 Å². The summed E-state index contributed by atoms with van der Waals surface area (Å²) in [6, 6.07) is 10.5. The molecule has 9 heteroatoms. The number of furan rings is 1. The van der Waals surface area contributed by atoms with Crippen molar-refractivity contribution in [1.29, 1.82) is 0 Å². The third kappa shape index (κ3) is 3.13. The number of benzene rings is 2. The van der Waals surface area contributed by atoms with Crippen LogP contribution in [0.1, 0.15) is 11.1 Å². The molecule has 26 heavy (non-hydrogen) atoms. The second-order valence-corrected chi connectivity index (χ2v) is 6.53. The molecule has 2 heterocycles. The quantitative estimate of drug-likeness (QED) is 0.421. The first-order valence-corrected chi connectivity index (χ1v) is 8.51. The van der Waals surface area contributed by atoms with Crippen LogP contribution < -0.4 is 5.32 Å². The normalized spacial score (nSPS) is 11.2. The van der Waals surface area contributed by atoms with E-state index in [1.807, 2.05) is 18.2 Å². The molecule has 2 aromatic heterocycles. The van der Waals surface area contributed by atoms with Crippen molar-refractivity contribution >= 4 is 32.6 Å². The van der Waals surface area contributed by atoms with Crippen LogP contribution in [0.5, 0.6) is 5.75 Å². The average Bonchev–Trinajstić information content (AvgIpc) is 3.30. The van der Waals surface area contributed by atoms with Gasteiger partial charge in [-0.3, -0.25) is 0 Å². The Morgan fingerprint density at radius 1 is 1.19 bits per heavy atom. The van der Waals surface area contributed by atoms with Gasteiger partial charge >= 0.3 is 0 Å². The second kappa shape index (κ2) is 6.75. The highest BCUT2D eigenvalue weighted by molar-refractivity contribution is 9.10. The maximum absolute atomic E-state index is 12.9. The fraction of sp³-hybridized carbons (Fsp3) is 0.118. The number of aromatic amines is 1. The molecule has 0 saturated carbocycles. The highest BCUT2D eigenvalue weighted by Crippen LogP contribution is 2.31. The van der Waals surface area contributed by atoms with Gasteiger partial charge in [0, 0.05) is 27.7 Å². The van der Waals surface area contributed by atoms with Crippen LogP contribution in [0.25, 0.3) is 22.6 Å². The van der Waals surface area contributed by atoms with E-state index in [9.17, 15) is 9.50 Å². The van der Waals surface area contributed by atoms with Gasteiger partial charge in [-0.05, 0) is 52.4 Å². The monoisotopic (exact) mass is 417 g/mol. The Hall–Kier alpha value is -2.94. The standard InChI is InChI=1S/C17H13BrFN5O2/c18-13-4-9-5-16(17-21-23-24-22-17)26-15(9)6-11(13)8-20-12-1-2-14(25)10(3-12)7-19/h1-6,20,25H,7-8H2,(H,21,22,23,24). The highest BCUT2D eigenvalue weighted by Gasteiger charge is 2.12. The number of aromatic nitrogens is 4. The Kier molecular flexibility index (Phi) is 4.29. The number of hydrogen-bond acceptors (Lipinski definition) is 6. The molecular formula is C17H13BrFN5O2. The Labute approximate surface area is 155 Å². The van der Waals surface area contributed by atoms with Gasteiger partial charge in [0.25, 0.3) is 0 Å². The molecule has 4 rings (SSSR count). The summed E-state index contributed by atoms with van der Waals surface area (Å²) in [6.45, 7) is -0.227. The molecular weight excluding hydrogens is 405 g/mol. The summed E-state index contributed by atoms with van der Waals surface area (Å²) in [7, 11) is 0. The lowest BCUT2D eigenvalue weighted by Gasteiger charge is -2.10. The Bertz CT molecular complexity index is 1060. The van der Waals surface area contributed by atoms with Crippen LogP contribution in [0, 0.1) is 0 Å². The molecule has 0 unspecified atom stereocenters. The predicted octanol–water partition coefficient (Wildman–Crippen LogP) is 4.16. The predicted molar refractivity (Wildman–Crippen MR) is 97.3 cm³/mol. The third-order valence-corrected chi connectivity index (χ3v) is 4.71. The lowest BCUT2D eigenvalue weighted by molar-refractivity contribution is 0.433. The van der Waals surface area contributed by atoms with Gasteiger partial charge in [-0.25, -0.2) is 9.49 Å². The van der Waals surface area contributed by atoms with E-state index in [4.69, 9.17) is 4.42 Å². The first kappa shape index (κ1) is 16.5. The van der Waals surface area contributed by atoms with Gasteiger partial charge in [-0.15, -0.1) is 5.10 Å². The first-order chi connectivity index (χ1) is 12.6. The summed E-state index contributed by atoms with van der Waals surface area (Å²) in [5, 5.41) is 27.3. The lowest BCUT2D eigenvalue weighted by Crippen LogP contribution is -2.00. The molecule has 0 amide bonds.